The molecule has 0 aromatic heterocycles. The normalized spacial score (nSPS) is 25.5. The molecule has 0 aliphatic heterocycles. The van der Waals surface area contributed by atoms with E-state index < -0.39 is 0 Å². The van der Waals surface area contributed by atoms with Crippen LogP contribution in [0.5, 0.6) is 0 Å². The topological polar surface area (TPSA) is 0 Å². The Kier molecular flexibility index (Phi) is 1.48. The summed E-state index contributed by atoms with van der Waals surface area (Å²) >= 11 is 0. The molecule has 1 heteroatoms. The van der Waals surface area contributed by atoms with Crippen molar-refractivity contribution in [1.82, 2.24) is 0 Å². The first-order valence-corrected chi connectivity index (χ1v) is 3.15. The monoisotopic (exact) mass is 101 g/mol. The summed E-state index contributed by atoms with van der Waals surface area (Å²) in [6.45, 7) is 0. The molecule has 0 heterocycles. The lowest BCUT2D eigenvalue weighted by atomic mass is 10.4. The Morgan fingerprint density at radius 2 is 2.50 bits per heavy atom. The predicted octanol–water partition coefficient (Wildman–Crippen LogP) is 1.62. The smallest absolute Gasteiger partial charge is 0.0233 e. The first-order valence-electron chi connectivity index (χ1n) is 2.48. The lowest BCUT2D eigenvalue weighted by Gasteiger charge is -1.91. The molecule has 1 aliphatic carbocycles. The lowest BCUT2D eigenvalue weighted by Crippen LogP contribution is -1.83. The van der Waals surface area contributed by atoms with Crippen LogP contribution in [-0.4, -0.2) is 5.66 Å². The lowest BCUT2D eigenvalue weighted by molar-refractivity contribution is 0.893. The SMILES string of the molecule is PC1[CH]CCC1. The second kappa shape index (κ2) is 1.93. The van der Waals surface area contributed by atoms with Gasteiger partial charge in [0.1, 0.15) is 0 Å². The summed E-state index contributed by atoms with van der Waals surface area (Å²) in [7, 11) is 2.82. The van der Waals surface area contributed by atoms with Gasteiger partial charge in [-0.05, 0) is 24.9 Å². The van der Waals surface area contributed by atoms with Gasteiger partial charge in [-0.2, -0.15) is 0 Å². The third-order valence-electron chi connectivity index (χ3n) is 1.21. The van der Waals surface area contributed by atoms with Crippen LogP contribution in [0.4, 0.5) is 0 Å². The maximum Gasteiger partial charge on any atom is -0.0233 e. The number of hydrogen-bond donors (Lipinski definition) is 0. The fourth-order valence-corrected chi connectivity index (χ4v) is 1.23. The molecule has 1 rings (SSSR count). The molecule has 2 atom stereocenters. The molecule has 2 unspecified atom stereocenters. The highest BCUT2D eigenvalue weighted by Crippen LogP contribution is 2.23. The summed E-state index contributed by atoms with van der Waals surface area (Å²) in [5.41, 5.74) is 0.838. The molecule has 0 N–H and O–H groups in total. The van der Waals surface area contributed by atoms with Crippen molar-refractivity contribution < 1.29 is 0 Å². The fraction of sp³-hybridized carbons (Fsp3) is 0.800. The summed E-state index contributed by atoms with van der Waals surface area (Å²) in [4.78, 5) is 0. The third-order valence-corrected chi connectivity index (χ3v) is 1.82. The fourth-order valence-electron chi connectivity index (χ4n) is 0.803. The Balaban J connectivity index is 2.18. The second-order valence-corrected chi connectivity index (χ2v) is 2.69. The highest BCUT2D eigenvalue weighted by Gasteiger charge is 2.07. The molecular formula is C5H10P. The van der Waals surface area contributed by atoms with Crippen molar-refractivity contribution in [3.8, 4) is 0 Å². The Labute approximate surface area is 41.5 Å². The van der Waals surface area contributed by atoms with Crippen molar-refractivity contribution in [1.29, 1.82) is 0 Å². The van der Waals surface area contributed by atoms with Gasteiger partial charge >= 0.3 is 0 Å². The van der Waals surface area contributed by atoms with Gasteiger partial charge in [0, 0.05) is 0 Å². The van der Waals surface area contributed by atoms with Gasteiger partial charge in [0.05, 0.1) is 0 Å². The van der Waals surface area contributed by atoms with E-state index in [9.17, 15) is 0 Å². The van der Waals surface area contributed by atoms with Gasteiger partial charge in [-0.1, -0.05) is 6.42 Å². The van der Waals surface area contributed by atoms with E-state index in [2.05, 4.69) is 15.7 Å². The van der Waals surface area contributed by atoms with Crippen molar-refractivity contribution in [3.05, 3.63) is 6.42 Å². The molecule has 6 heavy (non-hydrogen) atoms. The highest BCUT2D eigenvalue weighted by atomic mass is 31.0. The summed E-state index contributed by atoms with van der Waals surface area (Å²) < 4.78 is 0. The van der Waals surface area contributed by atoms with Gasteiger partial charge in [0.25, 0.3) is 0 Å². The second-order valence-electron chi connectivity index (χ2n) is 1.83. The molecule has 1 aliphatic rings. The van der Waals surface area contributed by atoms with Crippen molar-refractivity contribution in [2.45, 2.75) is 24.9 Å². The molecule has 1 radical (unpaired) electrons. The summed E-state index contributed by atoms with van der Waals surface area (Å²) in [5.74, 6) is 0. The molecule has 0 bridgehead atoms. The Morgan fingerprint density at radius 1 is 1.67 bits per heavy atom. The summed E-state index contributed by atoms with van der Waals surface area (Å²) in [6.07, 6.45) is 6.51. The van der Waals surface area contributed by atoms with Crippen LogP contribution in [0.3, 0.4) is 0 Å². The van der Waals surface area contributed by atoms with Crippen LogP contribution in [0.2, 0.25) is 0 Å². The van der Waals surface area contributed by atoms with Gasteiger partial charge in [-0.3, -0.25) is 0 Å². The molecule has 0 amide bonds. The van der Waals surface area contributed by atoms with Crippen LogP contribution < -0.4 is 0 Å². The Bertz CT molecular complexity index is 37.2. The Hall–Kier alpha value is 0.430. The van der Waals surface area contributed by atoms with E-state index in [1.165, 1.54) is 19.3 Å². The molecule has 1 fully saturated rings. The van der Waals surface area contributed by atoms with Gasteiger partial charge in [0.2, 0.25) is 0 Å². The minimum atomic E-state index is 0.838. The van der Waals surface area contributed by atoms with Gasteiger partial charge in [0.15, 0.2) is 0 Å². The van der Waals surface area contributed by atoms with Crippen molar-refractivity contribution in [2.75, 3.05) is 0 Å². The van der Waals surface area contributed by atoms with Crippen LogP contribution in [0.25, 0.3) is 0 Å². The zero-order valence-corrected chi connectivity index (χ0v) is 5.01. The van der Waals surface area contributed by atoms with Crippen LogP contribution in [0.15, 0.2) is 0 Å². The summed E-state index contributed by atoms with van der Waals surface area (Å²) in [5, 5.41) is 0. The Morgan fingerprint density at radius 3 is 2.67 bits per heavy atom. The maximum atomic E-state index is 2.82. The number of hydrogen-bond acceptors (Lipinski definition) is 0. The molecule has 0 aromatic carbocycles. The molecule has 0 nitrogen and oxygen atoms in total. The van der Waals surface area contributed by atoms with Crippen LogP contribution in [0.1, 0.15) is 19.3 Å². The summed E-state index contributed by atoms with van der Waals surface area (Å²) in [6, 6.07) is 0. The van der Waals surface area contributed by atoms with Crippen LogP contribution >= 0.6 is 9.24 Å². The van der Waals surface area contributed by atoms with Crippen molar-refractivity contribution in [2.24, 2.45) is 0 Å². The molecule has 35 valence electrons. The molecule has 0 saturated heterocycles. The predicted molar refractivity (Wildman–Crippen MR) is 31.6 cm³/mol. The highest BCUT2D eigenvalue weighted by molar-refractivity contribution is 7.17. The first-order chi connectivity index (χ1) is 2.89. The van der Waals surface area contributed by atoms with E-state index in [0.29, 0.717) is 0 Å². The van der Waals surface area contributed by atoms with Gasteiger partial charge < -0.3 is 0 Å². The average Bonchev–Trinajstić information content (AvgIpc) is 1.86. The molecule has 1 saturated carbocycles. The third kappa shape index (κ3) is 0.944. The minimum absolute atomic E-state index is 0.838. The van der Waals surface area contributed by atoms with E-state index in [1.807, 2.05) is 0 Å². The van der Waals surface area contributed by atoms with Gasteiger partial charge in [-0.15, -0.1) is 9.24 Å². The van der Waals surface area contributed by atoms with E-state index in [-0.39, 0.29) is 0 Å². The molecular weight excluding hydrogens is 91.0 g/mol. The standard InChI is InChI=1S/C5H10P/c6-5-3-1-2-4-5/h3,5H,1-2,4,6H2. The van der Waals surface area contributed by atoms with E-state index >= 15 is 0 Å². The average molecular weight is 101 g/mol. The first kappa shape index (κ1) is 4.59. The minimum Gasteiger partial charge on any atom is -0.134 e. The number of rotatable bonds is 0. The molecule has 0 spiro atoms. The largest absolute Gasteiger partial charge is 0.134 e. The van der Waals surface area contributed by atoms with Crippen molar-refractivity contribution >= 4 is 9.24 Å². The zero-order valence-electron chi connectivity index (χ0n) is 3.85. The van der Waals surface area contributed by atoms with Crippen LogP contribution in [0, 0.1) is 6.42 Å². The molecule has 0 aromatic rings. The van der Waals surface area contributed by atoms with Crippen molar-refractivity contribution in [3.63, 3.8) is 0 Å². The quantitative estimate of drug-likeness (QED) is 0.407. The van der Waals surface area contributed by atoms with E-state index in [0.717, 1.165) is 5.66 Å². The zero-order chi connectivity index (χ0) is 4.41. The van der Waals surface area contributed by atoms with Crippen LogP contribution in [-0.2, 0) is 0 Å². The van der Waals surface area contributed by atoms with E-state index in [1.54, 1.807) is 0 Å². The maximum absolute atomic E-state index is 2.82. The van der Waals surface area contributed by atoms with E-state index in [4.69, 9.17) is 0 Å². The van der Waals surface area contributed by atoms with Gasteiger partial charge in [-0.25, -0.2) is 0 Å².